The molecule has 16 heavy (non-hydrogen) atoms. The van der Waals surface area contributed by atoms with Crippen molar-refractivity contribution in [3.05, 3.63) is 0 Å². The Bertz CT molecular complexity index is 200. The molecule has 0 aromatic carbocycles. The van der Waals surface area contributed by atoms with E-state index in [1.165, 1.54) is 6.42 Å². The van der Waals surface area contributed by atoms with E-state index in [1.807, 2.05) is 0 Å². The van der Waals surface area contributed by atoms with Gasteiger partial charge in [0, 0.05) is 20.8 Å². The van der Waals surface area contributed by atoms with E-state index >= 15 is 0 Å². The van der Waals surface area contributed by atoms with Crippen molar-refractivity contribution in [1.29, 1.82) is 0 Å². The molecule has 1 fully saturated rings. The van der Waals surface area contributed by atoms with Gasteiger partial charge in [0.2, 0.25) is 0 Å². The molecule has 94 valence electrons. The maximum absolute atomic E-state index is 5.52. The van der Waals surface area contributed by atoms with E-state index in [-0.39, 0.29) is 0 Å². The van der Waals surface area contributed by atoms with Gasteiger partial charge in [-0.1, -0.05) is 0 Å². The second-order valence-corrected chi connectivity index (χ2v) is 3.78. The van der Waals surface area contributed by atoms with Crippen LogP contribution in [-0.2, 0) is 14.2 Å². The van der Waals surface area contributed by atoms with Crippen molar-refractivity contribution in [3.63, 3.8) is 0 Å². The van der Waals surface area contributed by atoms with Crippen molar-refractivity contribution in [1.82, 2.24) is 5.01 Å². The van der Waals surface area contributed by atoms with Crippen LogP contribution in [0.4, 0.5) is 0 Å². The van der Waals surface area contributed by atoms with Gasteiger partial charge in [-0.2, -0.15) is 5.10 Å². The molecule has 0 bridgehead atoms. The Labute approximate surface area is 97.3 Å². The van der Waals surface area contributed by atoms with E-state index in [0.29, 0.717) is 25.9 Å². The van der Waals surface area contributed by atoms with Crippen LogP contribution in [0, 0.1) is 0 Å². The summed E-state index contributed by atoms with van der Waals surface area (Å²) in [5, 5.41) is 6.45. The van der Waals surface area contributed by atoms with Crippen molar-refractivity contribution in [3.8, 4) is 0 Å². The molecule has 0 saturated carbocycles. The molecular formula is C11H22N2O3. The fourth-order valence-electron chi connectivity index (χ4n) is 1.72. The summed E-state index contributed by atoms with van der Waals surface area (Å²) in [4.78, 5) is 0. The van der Waals surface area contributed by atoms with Gasteiger partial charge >= 0.3 is 0 Å². The Morgan fingerprint density at radius 1 is 1.31 bits per heavy atom. The normalized spacial score (nSPS) is 21.1. The van der Waals surface area contributed by atoms with Crippen molar-refractivity contribution in [2.75, 3.05) is 47.2 Å². The molecule has 1 aliphatic rings. The van der Waals surface area contributed by atoms with Gasteiger partial charge in [0.1, 0.15) is 0 Å². The van der Waals surface area contributed by atoms with Crippen LogP contribution in [0.15, 0.2) is 5.10 Å². The summed E-state index contributed by atoms with van der Waals surface area (Å²) in [6.07, 6.45) is 4.13. The Balaban J connectivity index is 2.18. The molecule has 0 aromatic heterocycles. The summed E-state index contributed by atoms with van der Waals surface area (Å²) >= 11 is 0. The van der Waals surface area contributed by atoms with Gasteiger partial charge in [0.15, 0.2) is 0 Å². The fourth-order valence-corrected chi connectivity index (χ4v) is 1.72. The topological polar surface area (TPSA) is 43.3 Å². The van der Waals surface area contributed by atoms with Crippen molar-refractivity contribution in [2.24, 2.45) is 5.10 Å². The predicted molar refractivity (Wildman–Crippen MR) is 62.8 cm³/mol. The lowest BCUT2D eigenvalue weighted by Gasteiger charge is -2.21. The molecule has 1 heterocycles. The van der Waals surface area contributed by atoms with E-state index in [0.717, 1.165) is 19.6 Å². The highest BCUT2D eigenvalue weighted by Crippen LogP contribution is 2.17. The first-order valence-corrected chi connectivity index (χ1v) is 5.73. The Kier molecular flexibility index (Phi) is 7.12. The van der Waals surface area contributed by atoms with Crippen molar-refractivity contribution < 1.29 is 14.2 Å². The van der Waals surface area contributed by atoms with E-state index in [4.69, 9.17) is 14.2 Å². The monoisotopic (exact) mass is 230 g/mol. The van der Waals surface area contributed by atoms with Crippen LogP contribution in [0.3, 0.4) is 0 Å². The van der Waals surface area contributed by atoms with Gasteiger partial charge in [-0.05, 0) is 12.8 Å². The third-order valence-electron chi connectivity index (χ3n) is 2.56. The maximum Gasteiger partial charge on any atom is 0.0832 e. The number of hydrogen-bond acceptors (Lipinski definition) is 5. The summed E-state index contributed by atoms with van der Waals surface area (Å²) in [5.41, 5.74) is 0. The molecule has 0 radical (unpaired) electrons. The summed E-state index contributed by atoms with van der Waals surface area (Å²) in [5.74, 6) is 0. The quantitative estimate of drug-likeness (QED) is 0.456. The number of ether oxygens (including phenoxy) is 3. The third-order valence-corrected chi connectivity index (χ3v) is 2.56. The van der Waals surface area contributed by atoms with Crippen LogP contribution in [0.2, 0.25) is 0 Å². The molecule has 5 nitrogen and oxygen atoms in total. The molecular weight excluding hydrogens is 208 g/mol. The molecule has 0 aromatic rings. The number of rotatable bonds is 8. The summed E-state index contributed by atoms with van der Waals surface area (Å²) < 4.78 is 15.4. The molecule has 0 N–H and O–H groups in total. The van der Waals surface area contributed by atoms with E-state index in [1.54, 1.807) is 20.4 Å². The van der Waals surface area contributed by atoms with Crippen LogP contribution >= 0.6 is 0 Å². The highest BCUT2D eigenvalue weighted by Gasteiger charge is 2.22. The second kappa shape index (κ2) is 8.50. The standard InChI is InChI=1S/C11H22N2O3/c1-14-7-5-12-13-6-3-4-11(13)10-16-9-8-15-2/h5,11H,3-4,6-10H2,1-2H3/b12-5+/t11-/m0/s1. The Morgan fingerprint density at radius 2 is 2.19 bits per heavy atom. The number of hydrogen-bond donors (Lipinski definition) is 0. The fraction of sp³-hybridized carbons (Fsp3) is 0.909. The van der Waals surface area contributed by atoms with Crippen LogP contribution in [0.25, 0.3) is 0 Å². The second-order valence-electron chi connectivity index (χ2n) is 3.78. The number of methoxy groups -OCH3 is 2. The summed E-state index contributed by atoms with van der Waals surface area (Å²) in [6.45, 7) is 3.61. The molecule has 5 heteroatoms. The van der Waals surface area contributed by atoms with Crippen LogP contribution in [-0.4, -0.2) is 64.5 Å². The minimum atomic E-state index is 0.407. The summed E-state index contributed by atoms with van der Waals surface area (Å²) in [7, 11) is 3.35. The molecule has 0 amide bonds. The lowest BCUT2D eigenvalue weighted by atomic mass is 10.2. The average Bonchev–Trinajstić information content (AvgIpc) is 2.73. The van der Waals surface area contributed by atoms with Crippen LogP contribution in [0.5, 0.6) is 0 Å². The first kappa shape index (κ1) is 13.4. The molecule has 1 atom stereocenters. The average molecular weight is 230 g/mol. The highest BCUT2D eigenvalue weighted by atomic mass is 16.5. The first-order valence-electron chi connectivity index (χ1n) is 5.73. The SMILES string of the molecule is COC/C=N/N1CCC[C@H]1COCCOC. The Morgan fingerprint density at radius 3 is 2.94 bits per heavy atom. The van der Waals surface area contributed by atoms with Gasteiger partial charge in [-0.3, -0.25) is 5.01 Å². The molecule has 1 rings (SSSR count). The minimum Gasteiger partial charge on any atom is -0.382 e. The highest BCUT2D eigenvalue weighted by molar-refractivity contribution is 5.58. The zero-order valence-corrected chi connectivity index (χ0v) is 10.2. The van der Waals surface area contributed by atoms with Crippen LogP contribution in [0.1, 0.15) is 12.8 Å². The van der Waals surface area contributed by atoms with Gasteiger partial charge in [-0.15, -0.1) is 0 Å². The number of nitrogens with zero attached hydrogens (tertiary/aromatic N) is 2. The molecule has 1 aliphatic heterocycles. The zero-order chi connectivity index (χ0) is 11.6. The molecule has 0 unspecified atom stereocenters. The lowest BCUT2D eigenvalue weighted by molar-refractivity contribution is 0.0411. The van der Waals surface area contributed by atoms with Crippen molar-refractivity contribution in [2.45, 2.75) is 18.9 Å². The van der Waals surface area contributed by atoms with Gasteiger partial charge < -0.3 is 14.2 Å². The minimum absolute atomic E-state index is 0.407. The van der Waals surface area contributed by atoms with E-state index in [9.17, 15) is 0 Å². The van der Waals surface area contributed by atoms with Gasteiger partial charge in [0.05, 0.1) is 38.7 Å². The van der Waals surface area contributed by atoms with Gasteiger partial charge in [-0.25, -0.2) is 0 Å². The summed E-state index contributed by atoms with van der Waals surface area (Å²) in [6, 6.07) is 0.407. The van der Waals surface area contributed by atoms with E-state index in [2.05, 4.69) is 10.1 Å². The molecule has 1 saturated heterocycles. The zero-order valence-electron chi connectivity index (χ0n) is 10.2. The van der Waals surface area contributed by atoms with E-state index < -0.39 is 0 Å². The molecule has 0 spiro atoms. The smallest absolute Gasteiger partial charge is 0.0832 e. The van der Waals surface area contributed by atoms with Gasteiger partial charge in [0.25, 0.3) is 0 Å². The third kappa shape index (κ3) is 4.92. The van der Waals surface area contributed by atoms with Crippen LogP contribution < -0.4 is 0 Å². The predicted octanol–water partition coefficient (Wildman–Crippen LogP) is 0.746. The van der Waals surface area contributed by atoms with Crippen molar-refractivity contribution >= 4 is 6.21 Å². The molecule has 0 aliphatic carbocycles. The maximum atomic E-state index is 5.52. The first-order chi connectivity index (χ1) is 7.88. The Hall–Kier alpha value is -0.650. The largest absolute Gasteiger partial charge is 0.382 e. The lowest BCUT2D eigenvalue weighted by Crippen LogP contribution is -2.29. The number of hydrazone groups is 1.